The summed E-state index contributed by atoms with van der Waals surface area (Å²) in [5.74, 6) is 1.18. The Balaban J connectivity index is 1.53. The highest BCUT2D eigenvalue weighted by atomic mass is 16.7. The van der Waals surface area contributed by atoms with Gasteiger partial charge < -0.3 is 19.4 Å². The number of nitrogens with one attached hydrogen (secondary N) is 1. The molecule has 0 bridgehead atoms. The molecule has 1 aliphatic heterocycles. The number of hydrogen-bond acceptors (Lipinski definition) is 3. The van der Waals surface area contributed by atoms with Gasteiger partial charge in [0, 0.05) is 34.4 Å². The van der Waals surface area contributed by atoms with Crippen molar-refractivity contribution in [1.29, 1.82) is 0 Å². The summed E-state index contributed by atoms with van der Waals surface area (Å²) in [6.45, 7) is 4.34. The molecule has 0 atom stereocenters. The van der Waals surface area contributed by atoms with Crippen molar-refractivity contribution in [3.05, 3.63) is 71.5 Å². The Hall–Kier alpha value is -3.21. The van der Waals surface area contributed by atoms with E-state index >= 15 is 0 Å². The maximum atomic E-state index is 12.5. The molecule has 25 heavy (non-hydrogen) atoms. The van der Waals surface area contributed by atoms with Gasteiger partial charge in [-0.15, -0.1) is 0 Å². The average molecular weight is 334 g/mol. The van der Waals surface area contributed by atoms with Crippen molar-refractivity contribution in [1.82, 2.24) is 4.57 Å². The Labute approximate surface area is 145 Å². The van der Waals surface area contributed by atoms with E-state index in [1.807, 2.05) is 24.3 Å². The number of carbonyl (C=O) groups is 1. The molecule has 5 nitrogen and oxygen atoms in total. The zero-order valence-corrected chi connectivity index (χ0v) is 14.1. The lowest BCUT2D eigenvalue weighted by Crippen LogP contribution is -2.12. The van der Waals surface area contributed by atoms with Crippen molar-refractivity contribution >= 4 is 11.6 Å². The van der Waals surface area contributed by atoms with Crippen molar-refractivity contribution in [2.75, 3.05) is 12.1 Å². The Kier molecular flexibility index (Phi) is 3.69. The molecule has 2 aromatic carbocycles. The molecule has 1 aliphatic rings. The lowest BCUT2D eigenvalue weighted by Gasteiger charge is -2.11. The topological polar surface area (TPSA) is 52.5 Å². The van der Waals surface area contributed by atoms with Gasteiger partial charge in [-0.2, -0.15) is 0 Å². The summed E-state index contributed by atoms with van der Waals surface area (Å²) in [4.78, 5) is 12.5. The van der Waals surface area contributed by atoms with Crippen LogP contribution in [-0.2, 0) is 0 Å². The monoisotopic (exact) mass is 334 g/mol. The molecule has 0 fully saturated rings. The largest absolute Gasteiger partial charge is 0.454 e. The summed E-state index contributed by atoms with van der Waals surface area (Å²) in [5.41, 5.74) is 4.64. The second kappa shape index (κ2) is 6.02. The number of hydrogen-bond donors (Lipinski definition) is 1. The highest BCUT2D eigenvalue weighted by Gasteiger charge is 2.15. The number of ether oxygens (including phenoxy) is 2. The van der Waals surface area contributed by atoms with E-state index in [1.165, 1.54) is 0 Å². The first-order valence-electron chi connectivity index (χ1n) is 8.08. The molecular weight excluding hydrogens is 316 g/mol. The maximum Gasteiger partial charge on any atom is 0.255 e. The van der Waals surface area contributed by atoms with Crippen LogP contribution >= 0.6 is 0 Å². The normalized spacial score (nSPS) is 12.2. The Morgan fingerprint density at radius 2 is 1.60 bits per heavy atom. The van der Waals surface area contributed by atoms with Gasteiger partial charge in [0.05, 0.1) is 0 Å². The van der Waals surface area contributed by atoms with Crippen molar-refractivity contribution in [2.45, 2.75) is 13.8 Å². The summed E-state index contributed by atoms with van der Waals surface area (Å²) in [6, 6.07) is 17.1. The van der Waals surface area contributed by atoms with Crippen LogP contribution in [0, 0.1) is 13.8 Å². The molecule has 0 spiro atoms. The van der Waals surface area contributed by atoms with Gasteiger partial charge in [0.2, 0.25) is 6.79 Å². The van der Waals surface area contributed by atoms with Crippen LogP contribution in [-0.4, -0.2) is 17.3 Å². The first-order valence-corrected chi connectivity index (χ1v) is 8.08. The fourth-order valence-electron chi connectivity index (χ4n) is 3.02. The van der Waals surface area contributed by atoms with Crippen LogP contribution in [0.25, 0.3) is 5.69 Å². The predicted molar refractivity (Wildman–Crippen MR) is 95.8 cm³/mol. The molecule has 3 aromatic rings. The molecule has 4 rings (SSSR count). The van der Waals surface area contributed by atoms with E-state index in [2.05, 4.69) is 35.9 Å². The first-order chi connectivity index (χ1) is 12.1. The van der Waals surface area contributed by atoms with Crippen LogP contribution in [0.1, 0.15) is 21.7 Å². The number of aryl methyl sites for hydroxylation is 2. The van der Waals surface area contributed by atoms with Crippen LogP contribution in [0.4, 0.5) is 5.69 Å². The molecule has 0 saturated heterocycles. The third-order valence-electron chi connectivity index (χ3n) is 4.29. The minimum absolute atomic E-state index is 0.161. The van der Waals surface area contributed by atoms with Crippen molar-refractivity contribution < 1.29 is 14.3 Å². The van der Waals surface area contributed by atoms with Crippen molar-refractivity contribution in [3.63, 3.8) is 0 Å². The van der Waals surface area contributed by atoms with Crippen LogP contribution in [0.15, 0.2) is 54.6 Å². The standard InChI is InChI=1S/C20H18N2O3/c1-13-3-4-14(2)22(13)17-8-5-15(6-9-17)20(23)21-16-7-10-18-19(11-16)25-12-24-18/h3-11H,12H2,1-2H3,(H,21,23). The summed E-state index contributed by atoms with van der Waals surface area (Å²) in [6.07, 6.45) is 0. The molecule has 2 heterocycles. The molecule has 1 amide bonds. The van der Waals surface area contributed by atoms with E-state index in [1.54, 1.807) is 18.2 Å². The maximum absolute atomic E-state index is 12.5. The zero-order chi connectivity index (χ0) is 17.4. The summed E-state index contributed by atoms with van der Waals surface area (Å²) in [5, 5.41) is 2.88. The van der Waals surface area contributed by atoms with Gasteiger partial charge in [0.25, 0.3) is 5.91 Å². The summed E-state index contributed by atoms with van der Waals surface area (Å²) >= 11 is 0. The average Bonchev–Trinajstić information content (AvgIpc) is 3.21. The number of amides is 1. The molecule has 1 aromatic heterocycles. The fourth-order valence-corrected chi connectivity index (χ4v) is 3.02. The van der Waals surface area contributed by atoms with E-state index in [0.29, 0.717) is 22.7 Å². The van der Waals surface area contributed by atoms with Gasteiger partial charge >= 0.3 is 0 Å². The van der Waals surface area contributed by atoms with E-state index in [0.717, 1.165) is 17.1 Å². The number of carbonyl (C=O) groups excluding carboxylic acids is 1. The molecule has 0 unspecified atom stereocenters. The van der Waals surface area contributed by atoms with E-state index in [-0.39, 0.29) is 12.7 Å². The molecule has 0 saturated carbocycles. The fraction of sp³-hybridized carbons (Fsp3) is 0.150. The van der Waals surface area contributed by atoms with Gasteiger partial charge in [0.1, 0.15) is 0 Å². The molecular formula is C20H18N2O3. The van der Waals surface area contributed by atoms with Gasteiger partial charge in [-0.05, 0) is 62.4 Å². The lowest BCUT2D eigenvalue weighted by atomic mass is 10.1. The van der Waals surface area contributed by atoms with Crippen LogP contribution < -0.4 is 14.8 Å². The third kappa shape index (κ3) is 2.85. The van der Waals surface area contributed by atoms with Gasteiger partial charge in [-0.1, -0.05) is 0 Å². The number of benzene rings is 2. The number of anilines is 1. The Bertz CT molecular complexity index is 923. The van der Waals surface area contributed by atoms with E-state index in [9.17, 15) is 4.79 Å². The van der Waals surface area contributed by atoms with E-state index in [4.69, 9.17) is 9.47 Å². The molecule has 5 heteroatoms. The molecule has 126 valence electrons. The molecule has 0 aliphatic carbocycles. The highest BCUT2D eigenvalue weighted by molar-refractivity contribution is 6.04. The molecule has 1 N–H and O–H groups in total. The quantitative estimate of drug-likeness (QED) is 0.785. The van der Waals surface area contributed by atoms with Crippen molar-refractivity contribution in [3.8, 4) is 17.2 Å². The highest BCUT2D eigenvalue weighted by Crippen LogP contribution is 2.34. The smallest absolute Gasteiger partial charge is 0.255 e. The van der Waals surface area contributed by atoms with Gasteiger partial charge in [-0.25, -0.2) is 0 Å². The first kappa shape index (κ1) is 15.3. The predicted octanol–water partition coefficient (Wildman–Crippen LogP) is 4.08. The molecule has 0 radical (unpaired) electrons. The van der Waals surface area contributed by atoms with Gasteiger partial charge in [-0.3, -0.25) is 4.79 Å². The van der Waals surface area contributed by atoms with Crippen LogP contribution in [0.2, 0.25) is 0 Å². The SMILES string of the molecule is Cc1ccc(C)n1-c1ccc(C(=O)Nc2ccc3c(c2)OCO3)cc1. The van der Waals surface area contributed by atoms with Crippen molar-refractivity contribution in [2.24, 2.45) is 0 Å². The Morgan fingerprint density at radius 3 is 2.32 bits per heavy atom. The van der Waals surface area contributed by atoms with Crippen LogP contribution in [0.3, 0.4) is 0 Å². The van der Waals surface area contributed by atoms with Gasteiger partial charge in [0.15, 0.2) is 11.5 Å². The second-order valence-corrected chi connectivity index (χ2v) is 6.02. The minimum Gasteiger partial charge on any atom is -0.454 e. The van der Waals surface area contributed by atoms with E-state index < -0.39 is 0 Å². The third-order valence-corrected chi connectivity index (χ3v) is 4.29. The number of nitrogens with zero attached hydrogens (tertiary/aromatic N) is 1. The Morgan fingerprint density at radius 1 is 0.920 bits per heavy atom. The summed E-state index contributed by atoms with van der Waals surface area (Å²) in [7, 11) is 0. The number of rotatable bonds is 3. The lowest BCUT2D eigenvalue weighted by molar-refractivity contribution is 0.102. The summed E-state index contributed by atoms with van der Waals surface area (Å²) < 4.78 is 12.8. The number of aromatic nitrogens is 1. The zero-order valence-electron chi connectivity index (χ0n) is 14.1. The minimum atomic E-state index is -0.161. The number of fused-ring (bicyclic) bond motifs is 1. The second-order valence-electron chi connectivity index (χ2n) is 6.02. The van der Waals surface area contributed by atoms with Crippen LogP contribution in [0.5, 0.6) is 11.5 Å².